The molecule has 0 radical (unpaired) electrons. The summed E-state index contributed by atoms with van der Waals surface area (Å²) in [6.45, 7) is 1.40. The third kappa shape index (κ3) is 4.28. The van der Waals surface area contributed by atoms with Crippen LogP contribution in [0.15, 0.2) is 30.5 Å². The maximum Gasteiger partial charge on any atom is 0.265 e. The predicted octanol–water partition coefficient (Wildman–Crippen LogP) is 2.76. The Balaban J connectivity index is 1.31. The molecule has 160 valence electrons. The van der Waals surface area contributed by atoms with E-state index in [0.717, 1.165) is 18.4 Å². The van der Waals surface area contributed by atoms with Crippen molar-refractivity contribution in [1.82, 2.24) is 14.6 Å². The van der Waals surface area contributed by atoms with Crippen LogP contribution in [0.5, 0.6) is 11.5 Å². The summed E-state index contributed by atoms with van der Waals surface area (Å²) >= 11 is 1.24. The summed E-state index contributed by atoms with van der Waals surface area (Å²) in [5.74, 6) is 2.13. The molecule has 7 nitrogen and oxygen atoms in total. The molecule has 3 atom stereocenters. The van der Waals surface area contributed by atoms with E-state index in [9.17, 15) is 9.59 Å². The summed E-state index contributed by atoms with van der Waals surface area (Å²) in [7, 11) is 3.21. The second-order valence-electron chi connectivity index (χ2n) is 7.97. The average Bonchev–Trinajstić information content (AvgIpc) is 3.37. The lowest BCUT2D eigenvalue weighted by atomic mass is 9.91. The number of ether oxygens (including phenoxy) is 2. The zero-order chi connectivity index (χ0) is 21.1. The van der Waals surface area contributed by atoms with Gasteiger partial charge >= 0.3 is 0 Å². The van der Waals surface area contributed by atoms with Crippen molar-refractivity contribution in [3.05, 3.63) is 40.9 Å². The summed E-state index contributed by atoms with van der Waals surface area (Å²) in [4.78, 5) is 27.9. The van der Waals surface area contributed by atoms with E-state index in [1.54, 1.807) is 26.5 Å². The van der Waals surface area contributed by atoms with Crippen molar-refractivity contribution in [1.29, 1.82) is 0 Å². The molecule has 1 saturated heterocycles. The fourth-order valence-electron chi connectivity index (χ4n) is 4.66. The van der Waals surface area contributed by atoms with E-state index in [1.807, 2.05) is 23.1 Å². The number of methoxy groups -OCH3 is 2. The molecule has 2 fully saturated rings. The average molecular weight is 430 g/mol. The number of amides is 2. The number of benzene rings is 1. The standard InChI is InChI=1S/C22H27N3O4S/c1-28-17-7-3-14(11-18(17)29-2)4-8-20(26)24-21-15-5-6-16(21)13-25(12-15)22(27)19-9-10-23-30-19/h3,7,9-11,15-16,21H,4-6,8,12-13H2,1-2H3,(H,24,26)/t15-,16+,21?. The number of hydrogen-bond donors (Lipinski definition) is 1. The highest BCUT2D eigenvalue weighted by Gasteiger charge is 2.44. The third-order valence-corrected chi connectivity index (χ3v) is 6.92. The molecular formula is C22H27N3O4S. The van der Waals surface area contributed by atoms with Crippen LogP contribution >= 0.6 is 11.5 Å². The van der Waals surface area contributed by atoms with E-state index in [-0.39, 0.29) is 17.9 Å². The number of aryl methyl sites for hydroxylation is 1. The van der Waals surface area contributed by atoms with Gasteiger partial charge in [0.2, 0.25) is 5.91 Å². The molecule has 1 aliphatic heterocycles. The van der Waals surface area contributed by atoms with E-state index < -0.39 is 0 Å². The van der Waals surface area contributed by atoms with Crippen LogP contribution in [0.25, 0.3) is 0 Å². The Bertz CT molecular complexity index is 888. The molecule has 2 aromatic rings. The van der Waals surface area contributed by atoms with Crippen LogP contribution in [0.4, 0.5) is 0 Å². The van der Waals surface area contributed by atoms with E-state index in [4.69, 9.17) is 9.47 Å². The van der Waals surface area contributed by atoms with Gasteiger partial charge in [-0.05, 0) is 66.4 Å². The highest BCUT2D eigenvalue weighted by Crippen LogP contribution is 2.37. The Morgan fingerprint density at radius 1 is 1.13 bits per heavy atom. The van der Waals surface area contributed by atoms with Gasteiger partial charge in [0.05, 0.1) is 14.2 Å². The fourth-order valence-corrected chi connectivity index (χ4v) is 5.22. The van der Waals surface area contributed by atoms with Crippen molar-refractivity contribution in [2.24, 2.45) is 11.8 Å². The molecule has 1 aromatic carbocycles. The Hall–Kier alpha value is -2.61. The molecule has 1 unspecified atom stereocenters. The van der Waals surface area contributed by atoms with Gasteiger partial charge in [-0.25, -0.2) is 4.37 Å². The Morgan fingerprint density at radius 3 is 2.50 bits per heavy atom. The minimum atomic E-state index is 0.0626. The van der Waals surface area contributed by atoms with Gasteiger partial charge in [0.25, 0.3) is 5.91 Å². The number of piperidine rings is 1. The Kier molecular flexibility index (Phi) is 6.22. The molecule has 1 N–H and O–H groups in total. The molecule has 2 aliphatic rings. The number of rotatable bonds is 7. The number of fused-ring (bicyclic) bond motifs is 2. The minimum Gasteiger partial charge on any atom is -0.493 e. The predicted molar refractivity (Wildman–Crippen MR) is 114 cm³/mol. The van der Waals surface area contributed by atoms with Gasteiger partial charge in [-0.2, -0.15) is 0 Å². The van der Waals surface area contributed by atoms with E-state index >= 15 is 0 Å². The molecule has 2 heterocycles. The van der Waals surface area contributed by atoms with Crippen LogP contribution in [0.3, 0.4) is 0 Å². The van der Waals surface area contributed by atoms with Crippen LogP contribution in [0, 0.1) is 11.8 Å². The number of hydrogen-bond acceptors (Lipinski definition) is 6. The lowest BCUT2D eigenvalue weighted by molar-refractivity contribution is -0.122. The lowest BCUT2D eigenvalue weighted by Gasteiger charge is -2.38. The van der Waals surface area contributed by atoms with Gasteiger partial charge in [-0.15, -0.1) is 0 Å². The van der Waals surface area contributed by atoms with E-state index in [2.05, 4.69) is 9.69 Å². The van der Waals surface area contributed by atoms with Gasteiger partial charge in [0, 0.05) is 31.7 Å². The normalized spacial score (nSPS) is 22.6. The van der Waals surface area contributed by atoms with E-state index in [0.29, 0.717) is 54.1 Å². The maximum absolute atomic E-state index is 12.7. The van der Waals surface area contributed by atoms with Gasteiger partial charge in [0.15, 0.2) is 11.5 Å². The molecule has 8 heteroatoms. The molecule has 2 amide bonds. The summed E-state index contributed by atoms with van der Waals surface area (Å²) in [5, 5.41) is 3.25. The third-order valence-electron chi connectivity index (χ3n) is 6.19. The van der Waals surface area contributed by atoms with Crippen LogP contribution in [0.2, 0.25) is 0 Å². The molecule has 1 aliphatic carbocycles. The zero-order valence-corrected chi connectivity index (χ0v) is 18.1. The number of carbonyl (C=O) groups is 2. The topological polar surface area (TPSA) is 80.8 Å². The molecule has 30 heavy (non-hydrogen) atoms. The van der Waals surface area contributed by atoms with Gasteiger partial charge < -0.3 is 19.7 Å². The Labute approximate surface area is 180 Å². The lowest BCUT2D eigenvalue weighted by Crippen LogP contribution is -2.53. The summed E-state index contributed by atoms with van der Waals surface area (Å²) < 4.78 is 14.6. The molecular weight excluding hydrogens is 402 g/mol. The largest absolute Gasteiger partial charge is 0.493 e. The first-order valence-corrected chi connectivity index (χ1v) is 11.1. The fraction of sp³-hybridized carbons (Fsp3) is 0.500. The summed E-state index contributed by atoms with van der Waals surface area (Å²) in [6, 6.07) is 7.67. The van der Waals surface area contributed by atoms with Gasteiger partial charge in [-0.1, -0.05) is 6.07 Å². The Morgan fingerprint density at radius 2 is 1.87 bits per heavy atom. The van der Waals surface area contributed by atoms with Crippen molar-refractivity contribution < 1.29 is 19.1 Å². The first kappa shape index (κ1) is 20.7. The molecule has 0 spiro atoms. The van der Waals surface area contributed by atoms with E-state index in [1.165, 1.54) is 11.5 Å². The van der Waals surface area contributed by atoms with Gasteiger partial charge in [0.1, 0.15) is 4.88 Å². The summed E-state index contributed by atoms with van der Waals surface area (Å²) in [6.07, 6.45) is 4.84. The number of likely N-dealkylation sites (tertiary alicyclic amines) is 1. The zero-order valence-electron chi connectivity index (χ0n) is 17.3. The first-order chi connectivity index (χ1) is 14.6. The molecule has 2 bridgehead atoms. The van der Waals surface area contributed by atoms with Crippen molar-refractivity contribution >= 4 is 23.3 Å². The van der Waals surface area contributed by atoms with Crippen molar-refractivity contribution in [3.63, 3.8) is 0 Å². The van der Waals surface area contributed by atoms with Crippen LogP contribution < -0.4 is 14.8 Å². The summed E-state index contributed by atoms with van der Waals surface area (Å²) in [5.41, 5.74) is 1.04. The van der Waals surface area contributed by atoms with Crippen LogP contribution in [-0.2, 0) is 11.2 Å². The monoisotopic (exact) mass is 429 g/mol. The minimum absolute atomic E-state index is 0.0626. The van der Waals surface area contributed by atoms with Crippen molar-refractivity contribution in [2.45, 2.75) is 31.7 Å². The maximum atomic E-state index is 12.7. The second kappa shape index (κ2) is 9.04. The number of aromatic nitrogens is 1. The second-order valence-corrected chi connectivity index (χ2v) is 8.80. The van der Waals surface area contributed by atoms with Crippen LogP contribution in [0.1, 0.15) is 34.5 Å². The first-order valence-electron chi connectivity index (χ1n) is 10.3. The SMILES string of the molecule is COc1ccc(CCC(=O)NC2[C@@H]3CC[C@H]2CN(C(=O)c2ccns2)C3)cc1OC. The number of nitrogens with zero attached hydrogens (tertiary/aromatic N) is 2. The molecule has 1 aromatic heterocycles. The smallest absolute Gasteiger partial charge is 0.265 e. The van der Waals surface area contributed by atoms with Gasteiger partial charge in [-0.3, -0.25) is 9.59 Å². The van der Waals surface area contributed by atoms with Crippen LogP contribution in [-0.4, -0.2) is 54.4 Å². The van der Waals surface area contributed by atoms with Crippen molar-refractivity contribution in [2.75, 3.05) is 27.3 Å². The highest BCUT2D eigenvalue weighted by atomic mass is 32.1. The number of carbonyl (C=O) groups excluding carboxylic acids is 2. The molecule has 1 saturated carbocycles. The quantitative estimate of drug-likeness (QED) is 0.732. The number of nitrogens with one attached hydrogen (secondary N) is 1. The molecule has 4 rings (SSSR count). The van der Waals surface area contributed by atoms with Crippen molar-refractivity contribution in [3.8, 4) is 11.5 Å². The highest BCUT2D eigenvalue weighted by molar-refractivity contribution is 7.08.